The van der Waals surface area contributed by atoms with Gasteiger partial charge in [0, 0.05) is 36.8 Å². The molecular weight excluding hydrogens is 294 g/mol. The molecule has 122 valence electrons. The van der Waals surface area contributed by atoms with E-state index in [0.29, 0.717) is 36.8 Å². The minimum absolute atomic E-state index is 0.0826. The summed E-state index contributed by atoms with van der Waals surface area (Å²) >= 11 is 0. The molecule has 0 radical (unpaired) electrons. The van der Waals surface area contributed by atoms with Crippen molar-refractivity contribution in [1.29, 1.82) is 0 Å². The molecule has 1 aliphatic heterocycles. The van der Waals surface area contributed by atoms with E-state index in [-0.39, 0.29) is 23.6 Å². The molecule has 1 heterocycles. The molecule has 2 N–H and O–H groups in total. The van der Waals surface area contributed by atoms with Crippen molar-refractivity contribution < 1.29 is 14.4 Å². The first-order chi connectivity index (χ1) is 11.1. The Kier molecular flexibility index (Phi) is 4.32. The number of nitrogens with one attached hydrogen (secondary N) is 2. The number of likely N-dealkylation sites (tertiary alicyclic amines) is 1. The molecule has 1 unspecified atom stereocenters. The average Bonchev–Trinajstić information content (AvgIpc) is 3.30. The molecule has 6 heteroatoms. The molecule has 1 atom stereocenters. The molecule has 1 aromatic rings. The summed E-state index contributed by atoms with van der Waals surface area (Å²) in [6.07, 6.45) is 2.40. The Morgan fingerprint density at radius 2 is 1.91 bits per heavy atom. The van der Waals surface area contributed by atoms with Crippen molar-refractivity contribution >= 4 is 23.4 Å². The number of hydrogen-bond acceptors (Lipinski definition) is 3. The molecule has 1 aromatic carbocycles. The number of anilines is 1. The second kappa shape index (κ2) is 6.40. The van der Waals surface area contributed by atoms with E-state index >= 15 is 0 Å². The molecule has 3 amide bonds. The van der Waals surface area contributed by atoms with Crippen LogP contribution in [-0.4, -0.2) is 41.8 Å². The largest absolute Gasteiger partial charge is 0.352 e. The van der Waals surface area contributed by atoms with Gasteiger partial charge in [-0.05, 0) is 44.0 Å². The monoisotopic (exact) mass is 315 g/mol. The number of carbonyl (C=O) groups is 3. The molecule has 3 rings (SSSR count). The third-order valence-electron chi connectivity index (χ3n) is 4.27. The van der Waals surface area contributed by atoms with Gasteiger partial charge in [-0.1, -0.05) is 0 Å². The lowest BCUT2D eigenvalue weighted by molar-refractivity contribution is -0.128. The predicted octanol–water partition coefficient (Wildman–Crippen LogP) is 1.39. The van der Waals surface area contributed by atoms with E-state index in [2.05, 4.69) is 10.6 Å². The van der Waals surface area contributed by atoms with E-state index in [1.807, 2.05) is 11.8 Å². The smallest absolute Gasteiger partial charge is 0.251 e. The van der Waals surface area contributed by atoms with Gasteiger partial charge in [-0.15, -0.1) is 0 Å². The highest BCUT2D eigenvalue weighted by Gasteiger charge is 2.41. The summed E-state index contributed by atoms with van der Waals surface area (Å²) in [7, 11) is 0. The van der Waals surface area contributed by atoms with E-state index < -0.39 is 0 Å². The van der Waals surface area contributed by atoms with Crippen molar-refractivity contribution in [2.75, 3.05) is 18.4 Å². The fourth-order valence-corrected chi connectivity index (χ4v) is 2.86. The van der Waals surface area contributed by atoms with Crippen molar-refractivity contribution in [3.05, 3.63) is 29.8 Å². The minimum atomic E-state index is -0.286. The van der Waals surface area contributed by atoms with Crippen molar-refractivity contribution in [3.63, 3.8) is 0 Å². The van der Waals surface area contributed by atoms with Gasteiger partial charge in [0.1, 0.15) is 0 Å². The number of carbonyl (C=O) groups excluding carboxylic acids is 3. The molecule has 0 spiro atoms. The van der Waals surface area contributed by atoms with Crippen molar-refractivity contribution in [2.24, 2.45) is 5.92 Å². The van der Waals surface area contributed by atoms with Crippen LogP contribution in [0.5, 0.6) is 0 Å². The van der Waals surface area contributed by atoms with E-state index in [4.69, 9.17) is 0 Å². The van der Waals surface area contributed by atoms with Crippen LogP contribution in [0.3, 0.4) is 0 Å². The van der Waals surface area contributed by atoms with Crippen LogP contribution in [0.2, 0.25) is 0 Å². The van der Waals surface area contributed by atoms with Gasteiger partial charge in [-0.2, -0.15) is 0 Å². The number of hydrogen-bond donors (Lipinski definition) is 2. The first-order valence-corrected chi connectivity index (χ1v) is 8.07. The highest BCUT2D eigenvalue weighted by atomic mass is 16.2. The maximum absolute atomic E-state index is 12.3. The van der Waals surface area contributed by atoms with Crippen molar-refractivity contribution in [3.8, 4) is 0 Å². The topological polar surface area (TPSA) is 78.5 Å². The minimum Gasteiger partial charge on any atom is -0.352 e. The molecular formula is C17H21N3O3. The van der Waals surface area contributed by atoms with Crippen LogP contribution >= 0.6 is 0 Å². The van der Waals surface area contributed by atoms with Crippen LogP contribution < -0.4 is 10.6 Å². The molecule has 1 aliphatic carbocycles. The van der Waals surface area contributed by atoms with Crippen LogP contribution in [0.25, 0.3) is 0 Å². The molecule has 23 heavy (non-hydrogen) atoms. The number of nitrogens with zero attached hydrogens (tertiary/aromatic N) is 1. The van der Waals surface area contributed by atoms with Gasteiger partial charge in [-0.25, -0.2) is 0 Å². The zero-order valence-electron chi connectivity index (χ0n) is 13.2. The standard InChI is InChI=1S/C17H21N3O3/c1-2-18-16(22)11-3-5-13(6-4-11)19-17(23)12-9-15(21)20(10-12)14-7-8-14/h3-6,12,14H,2,7-10H2,1H3,(H,18,22)(H,19,23). The Hall–Kier alpha value is -2.37. The highest BCUT2D eigenvalue weighted by Crippen LogP contribution is 2.32. The SMILES string of the molecule is CCNC(=O)c1ccc(NC(=O)C2CC(=O)N(C3CC3)C2)cc1. The Balaban J connectivity index is 1.57. The summed E-state index contributed by atoms with van der Waals surface area (Å²) in [4.78, 5) is 37.7. The van der Waals surface area contributed by atoms with Crippen molar-refractivity contribution in [2.45, 2.75) is 32.2 Å². The summed E-state index contributed by atoms with van der Waals surface area (Å²) in [6.45, 7) is 2.96. The third kappa shape index (κ3) is 3.52. The van der Waals surface area contributed by atoms with Crippen LogP contribution in [0.4, 0.5) is 5.69 Å². The summed E-state index contributed by atoms with van der Waals surface area (Å²) in [5, 5.41) is 5.56. The van der Waals surface area contributed by atoms with Gasteiger partial charge in [0.15, 0.2) is 0 Å². The average molecular weight is 315 g/mol. The predicted molar refractivity (Wildman–Crippen MR) is 85.9 cm³/mol. The fourth-order valence-electron chi connectivity index (χ4n) is 2.86. The van der Waals surface area contributed by atoms with Crippen LogP contribution in [-0.2, 0) is 9.59 Å². The van der Waals surface area contributed by atoms with E-state index in [1.165, 1.54) is 0 Å². The summed E-state index contributed by atoms with van der Waals surface area (Å²) in [5.41, 5.74) is 1.20. The molecule has 1 saturated heterocycles. The molecule has 1 saturated carbocycles. The first-order valence-electron chi connectivity index (χ1n) is 8.07. The van der Waals surface area contributed by atoms with Crippen LogP contribution in [0, 0.1) is 5.92 Å². The van der Waals surface area contributed by atoms with Crippen LogP contribution in [0.15, 0.2) is 24.3 Å². The zero-order valence-corrected chi connectivity index (χ0v) is 13.2. The molecule has 0 aromatic heterocycles. The van der Waals surface area contributed by atoms with E-state index in [1.54, 1.807) is 24.3 Å². The Labute approximate surface area is 135 Å². The quantitative estimate of drug-likeness (QED) is 0.862. The first kappa shape index (κ1) is 15.5. The van der Waals surface area contributed by atoms with Gasteiger partial charge >= 0.3 is 0 Å². The summed E-state index contributed by atoms with van der Waals surface area (Å²) < 4.78 is 0. The van der Waals surface area contributed by atoms with Gasteiger partial charge in [0.25, 0.3) is 5.91 Å². The van der Waals surface area contributed by atoms with Gasteiger partial charge in [0.05, 0.1) is 5.92 Å². The molecule has 2 fully saturated rings. The number of rotatable bonds is 5. The highest BCUT2D eigenvalue weighted by molar-refractivity contribution is 5.98. The van der Waals surface area contributed by atoms with Gasteiger partial charge < -0.3 is 15.5 Å². The van der Waals surface area contributed by atoms with E-state index in [9.17, 15) is 14.4 Å². The normalized spacial score (nSPS) is 20.5. The van der Waals surface area contributed by atoms with Crippen LogP contribution in [0.1, 0.15) is 36.5 Å². The molecule has 6 nitrogen and oxygen atoms in total. The lowest BCUT2D eigenvalue weighted by Gasteiger charge is -2.15. The third-order valence-corrected chi connectivity index (χ3v) is 4.27. The fraction of sp³-hybridized carbons (Fsp3) is 0.471. The second-order valence-corrected chi connectivity index (χ2v) is 6.10. The lowest BCUT2D eigenvalue weighted by atomic mass is 10.1. The van der Waals surface area contributed by atoms with Gasteiger partial charge in [0.2, 0.25) is 11.8 Å². The lowest BCUT2D eigenvalue weighted by Crippen LogP contribution is -2.29. The Morgan fingerprint density at radius 3 is 2.52 bits per heavy atom. The summed E-state index contributed by atoms with van der Waals surface area (Å²) in [5.74, 6) is -0.468. The Bertz CT molecular complexity index is 622. The zero-order chi connectivity index (χ0) is 16.4. The number of benzene rings is 1. The number of amides is 3. The second-order valence-electron chi connectivity index (χ2n) is 6.10. The Morgan fingerprint density at radius 1 is 1.22 bits per heavy atom. The van der Waals surface area contributed by atoms with Gasteiger partial charge in [-0.3, -0.25) is 14.4 Å². The maximum Gasteiger partial charge on any atom is 0.251 e. The maximum atomic E-state index is 12.3. The van der Waals surface area contributed by atoms with E-state index in [0.717, 1.165) is 12.8 Å². The molecule has 0 bridgehead atoms. The summed E-state index contributed by atoms with van der Waals surface area (Å²) in [6, 6.07) is 7.13. The van der Waals surface area contributed by atoms with Crippen molar-refractivity contribution in [1.82, 2.24) is 10.2 Å². The molecule has 2 aliphatic rings.